The van der Waals surface area contributed by atoms with Gasteiger partial charge in [-0.25, -0.2) is 4.39 Å². The van der Waals surface area contributed by atoms with Crippen molar-refractivity contribution in [2.75, 3.05) is 5.32 Å². The molecule has 0 aliphatic rings. The summed E-state index contributed by atoms with van der Waals surface area (Å²) >= 11 is 3.15. The van der Waals surface area contributed by atoms with Crippen molar-refractivity contribution in [2.45, 2.75) is 0 Å². The fourth-order valence-corrected chi connectivity index (χ4v) is 2.74. The molecule has 0 unspecified atom stereocenters. The molecule has 3 rings (SSSR count). The van der Waals surface area contributed by atoms with Crippen LogP contribution >= 0.6 is 15.9 Å². The fourth-order valence-electron chi connectivity index (χ4n) is 2.41. The second-order valence-electron chi connectivity index (χ2n) is 5.68. The van der Waals surface area contributed by atoms with Gasteiger partial charge < -0.3 is 5.32 Å². The molecule has 0 fully saturated rings. The Morgan fingerprint density at radius 1 is 0.741 bits per heavy atom. The lowest BCUT2D eigenvalue weighted by Gasteiger charge is -2.07. The summed E-state index contributed by atoms with van der Waals surface area (Å²) in [6.07, 6.45) is 0. The van der Waals surface area contributed by atoms with E-state index in [1.165, 1.54) is 36.4 Å². The summed E-state index contributed by atoms with van der Waals surface area (Å²) in [5.74, 6) is -2.38. The van der Waals surface area contributed by atoms with Crippen molar-refractivity contribution in [1.82, 2.24) is 0 Å². The molecular formula is C21H13BrFNO3. The number of benzene rings is 3. The Bertz CT molecular complexity index is 1020. The molecule has 0 aliphatic carbocycles. The van der Waals surface area contributed by atoms with E-state index >= 15 is 0 Å². The number of hydrogen-bond acceptors (Lipinski definition) is 3. The lowest BCUT2D eigenvalue weighted by Crippen LogP contribution is -2.16. The fraction of sp³-hybridized carbons (Fsp3) is 0. The van der Waals surface area contributed by atoms with E-state index in [0.717, 1.165) is 0 Å². The van der Waals surface area contributed by atoms with Gasteiger partial charge in [-0.3, -0.25) is 14.4 Å². The van der Waals surface area contributed by atoms with E-state index in [4.69, 9.17) is 0 Å². The largest absolute Gasteiger partial charge is 0.319 e. The van der Waals surface area contributed by atoms with E-state index in [-0.39, 0.29) is 16.8 Å². The number of ketones is 2. The maximum absolute atomic E-state index is 13.8. The maximum Gasteiger partial charge on any atom is 0.255 e. The monoisotopic (exact) mass is 425 g/mol. The highest BCUT2D eigenvalue weighted by Gasteiger charge is 2.18. The van der Waals surface area contributed by atoms with Gasteiger partial charge in [0.25, 0.3) is 5.91 Å². The number of amides is 1. The van der Waals surface area contributed by atoms with Gasteiger partial charge in [-0.05, 0) is 30.3 Å². The highest BCUT2D eigenvalue weighted by atomic mass is 79.9. The van der Waals surface area contributed by atoms with Gasteiger partial charge in [-0.2, -0.15) is 0 Å². The first kappa shape index (κ1) is 18.7. The van der Waals surface area contributed by atoms with Crippen LogP contribution in [-0.4, -0.2) is 17.5 Å². The first-order valence-corrected chi connectivity index (χ1v) is 8.75. The Morgan fingerprint density at radius 2 is 1.30 bits per heavy atom. The zero-order chi connectivity index (χ0) is 19.4. The minimum Gasteiger partial charge on any atom is -0.319 e. The first-order valence-electron chi connectivity index (χ1n) is 7.96. The average Bonchev–Trinajstić information content (AvgIpc) is 2.69. The standard InChI is InChI=1S/C21H13BrFNO3/c22-16-10-11-18(17(23)12-16)24-21(27)15-8-6-14(7-9-15)20(26)19(25)13-4-2-1-3-5-13/h1-12H,(H,24,27). The smallest absolute Gasteiger partial charge is 0.255 e. The second-order valence-corrected chi connectivity index (χ2v) is 6.60. The summed E-state index contributed by atoms with van der Waals surface area (Å²) in [4.78, 5) is 36.7. The van der Waals surface area contributed by atoms with Gasteiger partial charge in [0.2, 0.25) is 11.6 Å². The van der Waals surface area contributed by atoms with Gasteiger partial charge in [0.1, 0.15) is 5.82 Å². The van der Waals surface area contributed by atoms with Gasteiger partial charge >= 0.3 is 0 Å². The average molecular weight is 426 g/mol. The lowest BCUT2D eigenvalue weighted by atomic mass is 10.0. The lowest BCUT2D eigenvalue weighted by molar-refractivity contribution is 0.0817. The SMILES string of the molecule is O=C(Nc1ccc(Br)cc1F)c1ccc(C(=O)C(=O)c2ccccc2)cc1. The third-order valence-corrected chi connectivity index (χ3v) is 4.32. The summed E-state index contributed by atoms with van der Waals surface area (Å²) in [6.45, 7) is 0. The number of carbonyl (C=O) groups is 3. The van der Waals surface area contributed by atoms with Crippen molar-refractivity contribution in [3.8, 4) is 0 Å². The van der Waals surface area contributed by atoms with Crippen molar-refractivity contribution in [1.29, 1.82) is 0 Å². The van der Waals surface area contributed by atoms with Crippen molar-refractivity contribution < 1.29 is 18.8 Å². The van der Waals surface area contributed by atoms with Crippen LogP contribution < -0.4 is 5.32 Å². The minimum atomic E-state index is -0.660. The highest BCUT2D eigenvalue weighted by molar-refractivity contribution is 9.10. The molecule has 3 aromatic rings. The molecule has 0 heterocycles. The van der Waals surface area contributed by atoms with Crippen molar-refractivity contribution >= 4 is 39.1 Å². The van der Waals surface area contributed by atoms with Crippen LogP contribution in [0.15, 0.2) is 77.3 Å². The molecule has 0 spiro atoms. The molecule has 0 saturated carbocycles. The van der Waals surface area contributed by atoms with E-state index in [9.17, 15) is 18.8 Å². The third-order valence-electron chi connectivity index (χ3n) is 3.83. The topological polar surface area (TPSA) is 63.2 Å². The molecule has 1 N–H and O–H groups in total. The molecule has 0 radical (unpaired) electrons. The molecule has 0 atom stereocenters. The Balaban J connectivity index is 1.73. The van der Waals surface area contributed by atoms with E-state index in [2.05, 4.69) is 21.2 Å². The molecule has 27 heavy (non-hydrogen) atoms. The maximum atomic E-state index is 13.8. The van der Waals surface area contributed by atoms with E-state index in [0.29, 0.717) is 10.0 Å². The Morgan fingerprint density at radius 3 is 1.89 bits per heavy atom. The van der Waals surface area contributed by atoms with Crippen LogP contribution in [0.3, 0.4) is 0 Å². The number of anilines is 1. The number of hydrogen-bond donors (Lipinski definition) is 1. The molecule has 4 nitrogen and oxygen atoms in total. The van der Waals surface area contributed by atoms with Gasteiger partial charge in [-0.1, -0.05) is 58.4 Å². The van der Waals surface area contributed by atoms with Gasteiger partial charge in [0, 0.05) is 21.2 Å². The summed E-state index contributed by atoms with van der Waals surface area (Å²) < 4.78 is 14.4. The normalized spacial score (nSPS) is 10.3. The molecule has 1 amide bonds. The summed E-state index contributed by atoms with van der Waals surface area (Å²) in [5.41, 5.74) is 0.758. The molecule has 3 aromatic carbocycles. The quantitative estimate of drug-likeness (QED) is 0.466. The third kappa shape index (κ3) is 4.35. The van der Waals surface area contributed by atoms with Crippen molar-refractivity contribution in [3.63, 3.8) is 0 Å². The van der Waals surface area contributed by atoms with Gasteiger partial charge in [0.15, 0.2) is 0 Å². The zero-order valence-electron chi connectivity index (χ0n) is 13.9. The Labute approximate surface area is 163 Å². The summed E-state index contributed by atoms with van der Waals surface area (Å²) in [7, 11) is 0. The van der Waals surface area contributed by atoms with Crippen molar-refractivity contribution in [3.05, 3.63) is 99.8 Å². The van der Waals surface area contributed by atoms with Gasteiger partial charge in [-0.15, -0.1) is 0 Å². The Hall–Kier alpha value is -3.12. The minimum absolute atomic E-state index is 0.0441. The van der Waals surface area contributed by atoms with Crippen LogP contribution in [0.5, 0.6) is 0 Å². The number of carbonyl (C=O) groups excluding carboxylic acids is 3. The number of Topliss-reactive ketones (excluding diaryl/α,β-unsaturated/α-hetero) is 2. The Kier molecular flexibility index (Phi) is 5.57. The predicted molar refractivity (Wildman–Crippen MR) is 104 cm³/mol. The van der Waals surface area contributed by atoms with Crippen LogP contribution in [-0.2, 0) is 0 Å². The molecule has 0 bridgehead atoms. The first-order chi connectivity index (χ1) is 13.0. The molecule has 0 saturated heterocycles. The molecule has 6 heteroatoms. The zero-order valence-corrected chi connectivity index (χ0v) is 15.5. The second kappa shape index (κ2) is 8.05. The van der Waals surface area contributed by atoms with Crippen molar-refractivity contribution in [2.24, 2.45) is 0 Å². The van der Waals surface area contributed by atoms with E-state index in [1.807, 2.05) is 0 Å². The summed E-state index contributed by atoms with van der Waals surface area (Å²) in [6, 6.07) is 18.1. The van der Waals surface area contributed by atoms with E-state index in [1.54, 1.807) is 36.4 Å². The summed E-state index contributed by atoms with van der Waals surface area (Å²) in [5, 5.41) is 2.46. The molecular weight excluding hydrogens is 413 g/mol. The van der Waals surface area contributed by atoms with E-state index < -0.39 is 23.3 Å². The van der Waals surface area contributed by atoms with Gasteiger partial charge in [0.05, 0.1) is 5.69 Å². The number of nitrogens with one attached hydrogen (secondary N) is 1. The van der Waals surface area contributed by atoms with Crippen LogP contribution in [0, 0.1) is 5.82 Å². The highest BCUT2D eigenvalue weighted by Crippen LogP contribution is 2.20. The number of halogens is 2. The number of rotatable bonds is 5. The molecule has 0 aromatic heterocycles. The van der Waals surface area contributed by atoms with Crippen LogP contribution in [0.4, 0.5) is 10.1 Å². The predicted octanol–water partition coefficient (Wildman–Crippen LogP) is 4.91. The van der Waals surface area contributed by atoms with Crippen LogP contribution in [0.1, 0.15) is 31.1 Å². The molecule has 0 aliphatic heterocycles. The molecule has 134 valence electrons. The van der Waals surface area contributed by atoms with Crippen LogP contribution in [0.2, 0.25) is 0 Å². The van der Waals surface area contributed by atoms with Crippen LogP contribution in [0.25, 0.3) is 0 Å².